The van der Waals surface area contributed by atoms with E-state index in [4.69, 9.17) is 0 Å². The van der Waals surface area contributed by atoms with Crippen LogP contribution in [0.25, 0.3) is 16.6 Å². The molecule has 0 radical (unpaired) electrons. The second-order valence-electron chi connectivity index (χ2n) is 8.25. The van der Waals surface area contributed by atoms with Gasteiger partial charge in [-0.15, -0.1) is 0 Å². The van der Waals surface area contributed by atoms with Crippen molar-refractivity contribution in [2.45, 2.75) is 4.90 Å². The monoisotopic (exact) mass is 510 g/mol. The largest absolute Gasteiger partial charge is 0.336 e. The molecule has 0 saturated carbocycles. The number of amides is 1. The van der Waals surface area contributed by atoms with Crippen LogP contribution in [0.1, 0.15) is 10.4 Å². The van der Waals surface area contributed by atoms with Gasteiger partial charge in [0.25, 0.3) is 11.5 Å². The summed E-state index contributed by atoms with van der Waals surface area (Å²) in [6, 6.07) is 15.8. The maximum Gasteiger partial charge on any atom is 0.265 e. The zero-order valence-corrected chi connectivity index (χ0v) is 19.7. The van der Waals surface area contributed by atoms with Crippen molar-refractivity contribution in [3.63, 3.8) is 0 Å². The number of nitrogens with zero attached hydrogens (tertiary/aromatic N) is 4. The third-order valence-corrected chi connectivity index (χ3v) is 8.03. The van der Waals surface area contributed by atoms with E-state index >= 15 is 0 Å². The average molecular weight is 511 g/mol. The fourth-order valence-electron chi connectivity index (χ4n) is 4.16. The summed E-state index contributed by atoms with van der Waals surface area (Å²) in [5.74, 6) is -2.32. The molecule has 0 bridgehead atoms. The van der Waals surface area contributed by atoms with Gasteiger partial charge in [-0.25, -0.2) is 22.2 Å². The van der Waals surface area contributed by atoms with Gasteiger partial charge in [-0.2, -0.15) is 4.31 Å². The highest BCUT2D eigenvalue weighted by atomic mass is 32.2. The van der Waals surface area contributed by atoms with Crippen molar-refractivity contribution in [1.82, 2.24) is 18.8 Å². The first-order valence-corrected chi connectivity index (χ1v) is 12.5. The predicted molar refractivity (Wildman–Crippen MR) is 128 cm³/mol. The number of benzene rings is 3. The number of halogens is 2. The first kappa shape index (κ1) is 23.8. The SMILES string of the molecule is O=C(c1ccc(-n2cnc3ccccc3c2=O)cc1)N1CCN(S(=O)(=O)c2ccc(F)cc2F)CC1. The summed E-state index contributed by atoms with van der Waals surface area (Å²) < 4.78 is 55.2. The minimum Gasteiger partial charge on any atom is -0.336 e. The Morgan fingerprint density at radius 1 is 0.889 bits per heavy atom. The van der Waals surface area contributed by atoms with Crippen molar-refractivity contribution in [3.05, 3.63) is 101 Å². The summed E-state index contributed by atoms with van der Waals surface area (Å²) in [5, 5.41) is 0.480. The normalized spacial score (nSPS) is 14.8. The summed E-state index contributed by atoms with van der Waals surface area (Å²) in [4.78, 5) is 31.0. The lowest BCUT2D eigenvalue weighted by molar-refractivity contribution is 0.0697. The molecule has 1 saturated heterocycles. The molecule has 0 spiro atoms. The first-order valence-electron chi connectivity index (χ1n) is 11.1. The molecule has 1 amide bonds. The minimum absolute atomic E-state index is 0.0267. The highest BCUT2D eigenvalue weighted by Gasteiger charge is 2.32. The van der Waals surface area contributed by atoms with Crippen molar-refractivity contribution in [3.8, 4) is 5.69 Å². The van der Waals surface area contributed by atoms with Crippen molar-refractivity contribution in [1.29, 1.82) is 0 Å². The van der Waals surface area contributed by atoms with E-state index in [2.05, 4.69) is 4.98 Å². The highest BCUT2D eigenvalue weighted by Crippen LogP contribution is 2.22. The Bertz CT molecular complexity index is 1630. The molecule has 36 heavy (non-hydrogen) atoms. The number of rotatable bonds is 4. The van der Waals surface area contributed by atoms with E-state index in [9.17, 15) is 26.8 Å². The van der Waals surface area contributed by atoms with E-state index in [1.165, 1.54) is 15.8 Å². The molecule has 184 valence electrons. The van der Waals surface area contributed by atoms with Crippen LogP contribution in [0.3, 0.4) is 0 Å². The van der Waals surface area contributed by atoms with E-state index in [1.807, 2.05) is 0 Å². The van der Waals surface area contributed by atoms with Crippen LogP contribution in [0.15, 0.2) is 82.7 Å². The lowest BCUT2D eigenvalue weighted by atomic mass is 10.1. The van der Waals surface area contributed by atoms with Crippen LogP contribution >= 0.6 is 0 Å². The summed E-state index contributed by atoms with van der Waals surface area (Å²) in [7, 11) is -4.16. The first-order chi connectivity index (χ1) is 17.3. The second kappa shape index (κ2) is 9.25. The smallest absolute Gasteiger partial charge is 0.265 e. The fraction of sp³-hybridized carbons (Fsp3) is 0.160. The number of para-hydroxylation sites is 1. The third-order valence-electron chi connectivity index (χ3n) is 6.10. The van der Waals surface area contributed by atoms with E-state index in [0.717, 1.165) is 16.4 Å². The molecule has 5 rings (SSSR count). The average Bonchev–Trinajstić information content (AvgIpc) is 2.89. The van der Waals surface area contributed by atoms with E-state index in [1.54, 1.807) is 48.5 Å². The third kappa shape index (κ3) is 4.27. The molecule has 1 aliphatic heterocycles. The molecule has 4 aromatic rings. The second-order valence-corrected chi connectivity index (χ2v) is 10.2. The van der Waals surface area contributed by atoms with Gasteiger partial charge < -0.3 is 4.90 Å². The van der Waals surface area contributed by atoms with Gasteiger partial charge in [0.05, 0.1) is 16.6 Å². The lowest BCUT2D eigenvalue weighted by Crippen LogP contribution is -2.50. The number of piperazine rings is 1. The molecule has 0 N–H and O–H groups in total. The van der Waals surface area contributed by atoms with Gasteiger partial charge in [0.2, 0.25) is 10.0 Å². The van der Waals surface area contributed by atoms with Crippen LogP contribution in [-0.4, -0.2) is 59.3 Å². The summed E-state index contributed by atoms with van der Waals surface area (Å²) in [6.07, 6.45) is 1.44. The Balaban J connectivity index is 1.29. The lowest BCUT2D eigenvalue weighted by Gasteiger charge is -2.34. The van der Waals surface area contributed by atoms with Crippen molar-refractivity contribution >= 4 is 26.8 Å². The number of sulfonamides is 1. The molecule has 0 atom stereocenters. The van der Waals surface area contributed by atoms with Crippen LogP contribution in [0.5, 0.6) is 0 Å². The number of carbonyl (C=O) groups excluding carboxylic acids is 1. The van der Waals surface area contributed by atoms with E-state index in [-0.39, 0.29) is 37.6 Å². The summed E-state index contributed by atoms with van der Waals surface area (Å²) >= 11 is 0. The quantitative estimate of drug-likeness (QED) is 0.421. The molecule has 0 aliphatic carbocycles. The minimum atomic E-state index is -4.16. The van der Waals surface area contributed by atoms with Gasteiger partial charge in [-0.3, -0.25) is 14.2 Å². The Kier molecular flexibility index (Phi) is 6.10. The van der Waals surface area contributed by atoms with Gasteiger partial charge in [-0.05, 0) is 48.5 Å². The Morgan fingerprint density at radius 3 is 2.28 bits per heavy atom. The molecule has 2 heterocycles. The Labute approximate surface area is 205 Å². The predicted octanol–water partition coefficient (Wildman–Crippen LogP) is 2.81. The van der Waals surface area contributed by atoms with Crippen molar-refractivity contribution in [2.24, 2.45) is 0 Å². The number of carbonyl (C=O) groups is 1. The molecular weight excluding hydrogens is 490 g/mol. The highest BCUT2D eigenvalue weighted by molar-refractivity contribution is 7.89. The van der Waals surface area contributed by atoms with Gasteiger partial charge in [0.15, 0.2) is 0 Å². The van der Waals surface area contributed by atoms with Gasteiger partial charge >= 0.3 is 0 Å². The molecule has 0 unspecified atom stereocenters. The maximum absolute atomic E-state index is 14.0. The van der Waals surface area contributed by atoms with Gasteiger partial charge in [0.1, 0.15) is 22.9 Å². The fourth-order valence-corrected chi connectivity index (χ4v) is 5.62. The molecule has 1 aliphatic rings. The molecule has 3 aromatic carbocycles. The topological polar surface area (TPSA) is 92.6 Å². The van der Waals surface area contributed by atoms with Crippen molar-refractivity contribution < 1.29 is 22.0 Å². The van der Waals surface area contributed by atoms with Gasteiger partial charge in [-0.1, -0.05) is 12.1 Å². The zero-order valence-electron chi connectivity index (χ0n) is 18.8. The van der Waals surface area contributed by atoms with E-state index in [0.29, 0.717) is 28.2 Å². The summed E-state index contributed by atoms with van der Waals surface area (Å²) in [6.45, 7) is 0.162. The van der Waals surface area contributed by atoms with Gasteiger partial charge in [0, 0.05) is 37.8 Å². The van der Waals surface area contributed by atoms with Crippen LogP contribution < -0.4 is 5.56 Å². The summed E-state index contributed by atoms with van der Waals surface area (Å²) in [5.41, 5.74) is 1.29. The maximum atomic E-state index is 14.0. The van der Waals surface area contributed by atoms with Crippen LogP contribution in [0.2, 0.25) is 0 Å². The Morgan fingerprint density at radius 2 is 1.58 bits per heavy atom. The van der Waals surface area contributed by atoms with Crippen LogP contribution in [-0.2, 0) is 10.0 Å². The molecular formula is C25H20F2N4O4S. The molecule has 1 fully saturated rings. The van der Waals surface area contributed by atoms with Crippen molar-refractivity contribution in [2.75, 3.05) is 26.2 Å². The standard InChI is InChI=1S/C25H20F2N4O4S/c26-18-7-10-23(21(27)15-18)36(34,35)30-13-11-29(12-14-30)24(32)17-5-8-19(9-6-17)31-16-28-22-4-2-1-3-20(22)25(31)33/h1-10,15-16H,11-14H2. The number of aromatic nitrogens is 2. The molecule has 8 nitrogen and oxygen atoms in total. The number of fused-ring (bicyclic) bond motifs is 1. The Hall–Kier alpha value is -3.96. The number of hydrogen-bond acceptors (Lipinski definition) is 5. The molecule has 1 aromatic heterocycles. The molecule has 11 heteroatoms. The van der Waals surface area contributed by atoms with Crippen LogP contribution in [0, 0.1) is 11.6 Å². The number of hydrogen-bond donors (Lipinski definition) is 0. The zero-order chi connectivity index (χ0) is 25.4. The van der Waals surface area contributed by atoms with Crippen LogP contribution in [0.4, 0.5) is 8.78 Å². The van der Waals surface area contributed by atoms with E-state index < -0.39 is 26.6 Å².